The zero-order valence-corrected chi connectivity index (χ0v) is 8.71. The summed E-state index contributed by atoms with van der Waals surface area (Å²) < 4.78 is 4.83. The fraction of sp³-hybridized carbons (Fsp3) is 0.727. The number of carbonyl (C=O) groups is 1. The highest BCUT2D eigenvalue weighted by atomic mass is 16.5. The van der Waals surface area contributed by atoms with Crippen LogP contribution in [0.3, 0.4) is 0 Å². The van der Waals surface area contributed by atoms with E-state index in [1.807, 2.05) is 6.92 Å². The Bertz CT molecular complexity index is 200. The van der Waals surface area contributed by atoms with Gasteiger partial charge in [-0.05, 0) is 19.3 Å². The molecule has 14 heavy (non-hydrogen) atoms. The van der Waals surface area contributed by atoms with Crippen LogP contribution >= 0.6 is 0 Å². The van der Waals surface area contributed by atoms with Gasteiger partial charge in [0, 0.05) is 18.9 Å². The second-order valence-corrected chi connectivity index (χ2v) is 2.97. The standard InChI is InChI=1S/C11H18O3/c1-2-3-10-14-11(13)8-6-4-5-7-9-12/h12H,2-5,7,9-10H2,1H3. The van der Waals surface area contributed by atoms with Crippen molar-refractivity contribution in [1.29, 1.82) is 0 Å². The quantitative estimate of drug-likeness (QED) is 0.304. The highest BCUT2D eigenvalue weighted by molar-refractivity contribution is 5.88. The fourth-order valence-corrected chi connectivity index (χ4v) is 0.805. The largest absolute Gasteiger partial charge is 0.456 e. The van der Waals surface area contributed by atoms with E-state index in [1.54, 1.807) is 0 Å². The Morgan fingerprint density at radius 2 is 2.14 bits per heavy atom. The van der Waals surface area contributed by atoms with Crippen molar-refractivity contribution in [2.24, 2.45) is 0 Å². The van der Waals surface area contributed by atoms with E-state index in [0.717, 1.165) is 25.7 Å². The van der Waals surface area contributed by atoms with Crippen molar-refractivity contribution in [3.8, 4) is 11.8 Å². The Balaban J connectivity index is 3.39. The minimum absolute atomic E-state index is 0.183. The number of ether oxygens (including phenoxy) is 1. The van der Waals surface area contributed by atoms with Crippen molar-refractivity contribution < 1.29 is 14.6 Å². The molecular formula is C11H18O3. The number of hydrogen-bond acceptors (Lipinski definition) is 3. The van der Waals surface area contributed by atoms with Crippen LogP contribution in [0.1, 0.15) is 39.0 Å². The lowest BCUT2D eigenvalue weighted by Crippen LogP contribution is -2.02. The lowest BCUT2D eigenvalue weighted by Gasteiger charge is -1.96. The van der Waals surface area contributed by atoms with Crippen molar-refractivity contribution >= 4 is 5.97 Å². The summed E-state index contributed by atoms with van der Waals surface area (Å²) in [6.45, 7) is 2.68. The first-order chi connectivity index (χ1) is 6.81. The van der Waals surface area contributed by atoms with Gasteiger partial charge in [0.25, 0.3) is 0 Å². The molecule has 1 N–H and O–H groups in total. The third-order valence-electron chi connectivity index (χ3n) is 1.63. The third-order valence-corrected chi connectivity index (χ3v) is 1.63. The molecule has 0 saturated carbocycles. The van der Waals surface area contributed by atoms with Crippen LogP contribution in [0.15, 0.2) is 0 Å². The van der Waals surface area contributed by atoms with Gasteiger partial charge in [-0.25, -0.2) is 4.79 Å². The molecule has 0 aromatic heterocycles. The van der Waals surface area contributed by atoms with Gasteiger partial charge in [-0.3, -0.25) is 0 Å². The topological polar surface area (TPSA) is 46.5 Å². The SMILES string of the molecule is CCCCOC(=O)C#CCCCCO. The van der Waals surface area contributed by atoms with Crippen molar-refractivity contribution in [2.45, 2.75) is 39.0 Å². The van der Waals surface area contributed by atoms with Gasteiger partial charge in [0.1, 0.15) is 0 Å². The van der Waals surface area contributed by atoms with Crippen LogP contribution in [-0.2, 0) is 9.53 Å². The van der Waals surface area contributed by atoms with Crippen LogP contribution in [-0.4, -0.2) is 24.3 Å². The van der Waals surface area contributed by atoms with Crippen molar-refractivity contribution in [3.05, 3.63) is 0 Å². The average molecular weight is 198 g/mol. The number of rotatable bonds is 6. The van der Waals surface area contributed by atoms with Crippen LogP contribution in [0.5, 0.6) is 0 Å². The van der Waals surface area contributed by atoms with Crippen LogP contribution in [0.4, 0.5) is 0 Å². The smallest absolute Gasteiger partial charge is 0.384 e. The van der Waals surface area contributed by atoms with Gasteiger partial charge in [-0.15, -0.1) is 0 Å². The molecule has 0 atom stereocenters. The molecule has 80 valence electrons. The van der Waals surface area contributed by atoms with Gasteiger partial charge in [0.05, 0.1) is 6.61 Å². The fourth-order valence-electron chi connectivity index (χ4n) is 0.805. The molecule has 0 rings (SSSR count). The predicted molar refractivity (Wildman–Crippen MR) is 54.6 cm³/mol. The van der Waals surface area contributed by atoms with E-state index in [9.17, 15) is 4.79 Å². The highest BCUT2D eigenvalue weighted by Crippen LogP contribution is 1.92. The van der Waals surface area contributed by atoms with Gasteiger partial charge in [-0.1, -0.05) is 19.3 Å². The van der Waals surface area contributed by atoms with E-state index in [4.69, 9.17) is 9.84 Å². The van der Waals surface area contributed by atoms with Gasteiger partial charge < -0.3 is 9.84 Å². The minimum atomic E-state index is -0.442. The number of aliphatic hydroxyl groups excluding tert-OH is 1. The van der Waals surface area contributed by atoms with E-state index in [-0.39, 0.29) is 6.61 Å². The number of unbranched alkanes of at least 4 members (excludes halogenated alkanes) is 3. The molecule has 0 heterocycles. The van der Waals surface area contributed by atoms with Crippen molar-refractivity contribution in [2.75, 3.05) is 13.2 Å². The van der Waals surface area contributed by atoms with Crippen molar-refractivity contribution in [3.63, 3.8) is 0 Å². The normalized spacial score (nSPS) is 9.00. The number of hydrogen-bond donors (Lipinski definition) is 1. The zero-order valence-electron chi connectivity index (χ0n) is 8.71. The summed E-state index contributed by atoms with van der Waals surface area (Å²) in [6.07, 6.45) is 4.10. The van der Waals surface area contributed by atoms with E-state index >= 15 is 0 Å². The molecule has 0 bridgehead atoms. The maximum Gasteiger partial charge on any atom is 0.384 e. The molecule has 0 unspecified atom stereocenters. The van der Waals surface area contributed by atoms with Crippen LogP contribution in [0, 0.1) is 11.8 Å². The number of esters is 1. The maximum atomic E-state index is 10.9. The molecule has 0 saturated heterocycles. The molecule has 0 spiro atoms. The first-order valence-electron chi connectivity index (χ1n) is 5.07. The Morgan fingerprint density at radius 3 is 2.79 bits per heavy atom. The summed E-state index contributed by atoms with van der Waals surface area (Å²) in [5, 5.41) is 8.48. The van der Waals surface area contributed by atoms with E-state index in [0.29, 0.717) is 13.0 Å². The predicted octanol–water partition coefficient (Wildman–Crippen LogP) is 1.50. The number of carbonyl (C=O) groups excluding carboxylic acids is 1. The molecule has 0 aliphatic rings. The first kappa shape index (κ1) is 13.0. The first-order valence-corrected chi connectivity index (χ1v) is 5.07. The summed E-state index contributed by atoms with van der Waals surface area (Å²) in [4.78, 5) is 10.9. The molecule has 0 amide bonds. The minimum Gasteiger partial charge on any atom is -0.456 e. The maximum absolute atomic E-state index is 10.9. The van der Waals surface area contributed by atoms with E-state index < -0.39 is 5.97 Å². The number of aliphatic hydroxyl groups is 1. The highest BCUT2D eigenvalue weighted by Gasteiger charge is 1.94. The second kappa shape index (κ2) is 10.1. The van der Waals surface area contributed by atoms with Crippen molar-refractivity contribution in [1.82, 2.24) is 0 Å². The van der Waals surface area contributed by atoms with Crippen LogP contribution < -0.4 is 0 Å². The van der Waals surface area contributed by atoms with Crippen LogP contribution in [0.25, 0.3) is 0 Å². The molecule has 0 aliphatic carbocycles. The summed E-state index contributed by atoms with van der Waals surface area (Å²) in [5.74, 6) is 4.68. The van der Waals surface area contributed by atoms with E-state index in [2.05, 4.69) is 11.8 Å². The Kier molecular flexibility index (Phi) is 9.35. The summed E-state index contributed by atoms with van der Waals surface area (Å²) in [5.41, 5.74) is 0. The Morgan fingerprint density at radius 1 is 1.36 bits per heavy atom. The van der Waals surface area contributed by atoms with Gasteiger partial charge in [-0.2, -0.15) is 0 Å². The molecule has 0 aliphatic heterocycles. The summed E-state index contributed by atoms with van der Waals surface area (Å²) in [6, 6.07) is 0. The zero-order chi connectivity index (χ0) is 10.6. The lowest BCUT2D eigenvalue weighted by molar-refractivity contribution is -0.136. The van der Waals surface area contributed by atoms with Gasteiger partial charge >= 0.3 is 5.97 Å². The van der Waals surface area contributed by atoms with Gasteiger partial charge in [0.2, 0.25) is 0 Å². The molecule has 0 radical (unpaired) electrons. The Hall–Kier alpha value is -1.01. The van der Waals surface area contributed by atoms with Gasteiger partial charge in [0.15, 0.2) is 0 Å². The molecule has 0 fully saturated rings. The average Bonchev–Trinajstić information content (AvgIpc) is 2.18. The summed E-state index contributed by atoms with van der Waals surface area (Å²) in [7, 11) is 0. The molecule has 0 aromatic rings. The molecular weight excluding hydrogens is 180 g/mol. The molecule has 0 aromatic carbocycles. The van der Waals surface area contributed by atoms with E-state index in [1.165, 1.54) is 0 Å². The molecule has 3 heteroatoms. The molecule has 3 nitrogen and oxygen atoms in total. The monoisotopic (exact) mass is 198 g/mol. The lowest BCUT2D eigenvalue weighted by atomic mass is 10.2. The summed E-state index contributed by atoms with van der Waals surface area (Å²) >= 11 is 0. The third kappa shape index (κ3) is 9.08. The second-order valence-electron chi connectivity index (χ2n) is 2.97. The Labute approximate surface area is 85.5 Å². The van der Waals surface area contributed by atoms with Crippen LogP contribution in [0.2, 0.25) is 0 Å².